The van der Waals surface area contributed by atoms with Gasteiger partial charge in [-0.05, 0) is 20.8 Å². The fourth-order valence-corrected chi connectivity index (χ4v) is 1.68. The van der Waals surface area contributed by atoms with E-state index in [1.54, 1.807) is 0 Å². The van der Waals surface area contributed by atoms with Crippen molar-refractivity contribution in [2.45, 2.75) is 39.5 Å². The molecule has 0 saturated carbocycles. The van der Waals surface area contributed by atoms with Crippen LogP contribution in [0.5, 0.6) is 0 Å². The Morgan fingerprint density at radius 1 is 0.708 bits per heavy atom. The largest absolute Gasteiger partial charge is 0.480 e. The summed E-state index contributed by atoms with van der Waals surface area (Å²) in [6.45, 7) is 2.66. The number of aliphatic hydroxyl groups excluding tert-OH is 3. The molecule has 0 radical (unpaired) electrons. The van der Waals surface area contributed by atoms with Gasteiger partial charge in [-0.25, -0.2) is 4.90 Å². The first-order valence-electron chi connectivity index (χ1n) is 6.57. The van der Waals surface area contributed by atoms with Crippen LogP contribution in [0.25, 0.3) is 0 Å². The van der Waals surface area contributed by atoms with Gasteiger partial charge >= 0.3 is 17.9 Å². The fourth-order valence-electron chi connectivity index (χ4n) is 1.68. The minimum Gasteiger partial charge on any atom is -0.480 e. The summed E-state index contributed by atoms with van der Waals surface area (Å²) in [5, 5.41) is 51.7. The molecule has 0 aromatic heterocycles. The predicted molar refractivity (Wildman–Crippen MR) is 76.2 cm³/mol. The zero-order valence-electron chi connectivity index (χ0n) is 13.5. The van der Waals surface area contributed by atoms with Gasteiger partial charge in [-0.15, -0.1) is 0 Å². The topological polar surface area (TPSA) is 179 Å². The molecule has 0 fully saturated rings. The van der Waals surface area contributed by atoms with Crippen molar-refractivity contribution in [3.8, 4) is 0 Å². The second-order valence-corrected chi connectivity index (χ2v) is 4.67. The molecule has 0 aliphatic carbocycles. The summed E-state index contributed by atoms with van der Waals surface area (Å²) < 4.78 is 0. The quantitative estimate of drug-likeness (QED) is 0.189. The molecule has 0 aliphatic rings. The van der Waals surface area contributed by atoms with Gasteiger partial charge < -0.3 is 30.6 Å². The first-order valence-corrected chi connectivity index (χ1v) is 6.57. The van der Waals surface area contributed by atoms with Gasteiger partial charge in [0.25, 0.3) is 0 Å². The molecule has 3 atom stereocenters. The Bertz CT molecular complexity index is 334. The van der Waals surface area contributed by atoms with E-state index in [4.69, 9.17) is 30.6 Å². The van der Waals surface area contributed by atoms with Crippen molar-refractivity contribution in [2.75, 3.05) is 19.6 Å². The molecule has 0 rings (SSSR count). The minimum atomic E-state index is -1.26. The molecule has 0 saturated heterocycles. The molecule has 6 N–H and O–H groups in total. The van der Waals surface area contributed by atoms with Crippen LogP contribution in [0, 0.1) is 38.2 Å². The molecule has 12 heteroatoms. The number of carbonyl (C=O) groups is 3. The fraction of sp³-hybridized carbons (Fsp3) is 0.750. The van der Waals surface area contributed by atoms with Crippen molar-refractivity contribution in [2.24, 2.45) is 0 Å². The molecule has 24 heavy (non-hydrogen) atoms. The van der Waals surface area contributed by atoms with E-state index in [9.17, 15) is 14.4 Å². The van der Waals surface area contributed by atoms with Crippen LogP contribution in [-0.4, -0.2) is 96.7 Å². The summed E-state index contributed by atoms with van der Waals surface area (Å²) >= 11 is 0. The van der Waals surface area contributed by atoms with Crippen molar-refractivity contribution < 1.29 is 83.2 Å². The van der Waals surface area contributed by atoms with Gasteiger partial charge in [0.15, 0.2) is 0 Å². The number of carboxylic acid groups (broad SMARTS) is 3. The summed E-state index contributed by atoms with van der Waals surface area (Å²) in [4.78, 5) is 32.4. The second kappa shape index (κ2) is 14.8. The molecule has 0 spiro atoms. The number of nitrogens with zero attached hydrogens (tertiary/aromatic N) is 2. The summed E-state index contributed by atoms with van der Waals surface area (Å²) in [5.74, 6) is -3.78. The van der Waals surface area contributed by atoms with Crippen molar-refractivity contribution in [1.29, 1.82) is 0 Å². The minimum absolute atomic E-state index is 0. The Kier molecular flexibility index (Phi) is 17.4. The first kappa shape index (κ1) is 28.3. The van der Waals surface area contributed by atoms with Crippen molar-refractivity contribution in [1.82, 2.24) is 9.80 Å². The molecule has 3 unspecified atom stereocenters. The Labute approximate surface area is 169 Å². The Hall–Kier alpha value is -0.517. The third-order valence-electron chi connectivity index (χ3n) is 2.37. The smallest absolute Gasteiger partial charge is 0.317 e. The van der Waals surface area contributed by atoms with Crippen LogP contribution in [0.4, 0.5) is 0 Å². The van der Waals surface area contributed by atoms with Gasteiger partial charge in [0.1, 0.15) is 18.7 Å². The maximum atomic E-state index is 10.1. The number of rotatable bonds is 9. The molecule has 146 valence electrons. The summed E-state index contributed by atoms with van der Waals surface area (Å²) in [6, 6.07) is 0. The normalized spacial score (nSPS) is 14.0. The molecule has 0 heterocycles. The molecule has 11 nitrogen and oxygen atoms in total. The zero-order valence-corrected chi connectivity index (χ0v) is 15.5. The van der Waals surface area contributed by atoms with Gasteiger partial charge in [-0.2, -0.15) is 0 Å². The summed E-state index contributed by atoms with van der Waals surface area (Å²) in [6.07, 6.45) is -2.50. The monoisotopic (exact) mass is 504 g/mol. The molecule has 0 aliphatic heterocycles. The zero-order chi connectivity index (χ0) is 18.7. The van der Waals surface area contributed by atoms with Gasteiger partial charge in [-0.1, -0.05) is 0 Å². The van der Waals surface area contributed by atoms with E-state index in [-0.39, 0.29) is 38.2 Å². The number of carboxylic acids is 3. The molecule has 0 aromatic rings. The van der Waals surface area contributed by atoms with Crippen molar-refractivity contribution >= 4 is 17.9 Å². The third kappa shape index (κ3) is 16.3. The number of aliphatic hydroxyl groups is 3. The van der Waals surface area contributed by atoms with E-state index in [0.29, 0.717) is 0 Å². The average molecular weight is 503 g/mol. The van der Waals surface area contributed by atoms with E-state index in [0.717, 1.165) is 4.90 Å². The van der Waals surface area contributed by atoms with E-state index >= 15 is 0 Å². The molecular formula is C12H24DyN2O9. The number of hydrogen-bond donors (Lipinski definition) is 6. The molecule has 0 aromatic carbocycles. The van der Waals surface area contributed by atoms with Crippen LogP contribution in [0.1, 0.15) is 20.8 Å². The maximum absolute atomic E-state index is 10.1. The third-order valence-corrected chi connectivity index (χ3v) is 2.37. The Morgan fingerprint density at radius 2 is 0.917 bits per heavy atom. The van der Waals surface area contributed by atoms with Gasteiger partial charge in [0, 0.05) is 38.2 Å². The number of aliphatic carboxylic acids is 3. The summed E-state index contributed by atoms with van der Waals surface area (Å²) in [7, 11) is 0. The van der Waals surface area contributed by atoms with Crippen molar-refractivity contribution in [3.63, 3.8) is 0 Å². The maximum Gasteiger partial charge on any atom is 0.317 e. The van der Waals surface area contributed by atoms with E-state index in [1.807, 2.05) is 0 Å². The molecular weight excluding hydrogens is 479 g/mol. The SMILES string of the molecule is CC(O)N(C(C)O)C(C)O.O=C(O)CN(CC(=O)O)CC(=O)O.[Dy]. The van der Waals surface area contributed by atoms with Crippen LogP contribution < -0.4 is 0 Å². The standard InChI is InChI=1S/C6H9NO6.C6H15NO3.Dy/c8-4(9)1-7(2-5(10)11)3-6(12)13;1-4(8)7(5(2)9)6(3)10;/h1-3H2,(H,8,9)(H,10,11)(H,12,13);4-6,8-10H,1-3H3;. The van der Waals surface area contributed by atoms with Crippen LogP contribution in [0.2, 0.25) is 0 Å². The second-order valence-electron chi connectivity index (χ2n) is 4.67. The average Bonchev–Trinajstić information content (AvgIpc) is 2.23. The van der Waals surface area contributed by atoms with Crippen LogP contribution >= 0.6 is 0 Å². The van der Waals surface area contributed by atoms with Crippen LogP contribution in [0.15, 0.2) is 0 Å². The predicted octanol–water partition coefficient (Wildman–Crippen LogP) is -2.15. The van der Waals surface area contributed by atoms with Crippen molar-refractivity contribution in [3.05, 3.63) is 0 Å². The molecule has 0 bridgehead atoms. The van der Waals surface area contributed by atoms with Crippen LogP contribution in [0.3, 0.4) is 0 Å². The van der Waals surface area contributed by atoms with Gasteiger partial charge in [0.2, 0.25) is 0 Å². The van der Waals surface area contributed by atoms with E-state index < -0.39 is 56.2 Å². The van der Waals surface area contributed by atoms with Crippen LogP contribution in [-0.2, 0) is 14.4 Å². The van der Waals surface area contributed by atoms with E-state index in [1.165, 1.54) is 25.7 Å². The van der Waals surface area contributed by atoms with Gasteiger partial charge in [-0.3, -0.25) is 19.3 Å². The summed E-state index contributed by atoms with van der Waals surface area (Å²) in [5.41, 5.74) is 0. The number of hydrogen-bond acceptors (Lipinski definition) is 8. The van der Waals surface area contributed by atoms with E-state index in [2.05, 4.69) is 0 Å². The molecule has 0 amide bonds. The Balaban J connectivity index is -0.000000364. The van der Waals surface area contributed by atoms with Gasteiger partial charge in [0.05, 0.1) is 19.6 Å². The first-order chi connectivity index (χ1) is 10.4. The Morgan fingerprint density at radius 3 is 1.00 bits per heavy atom.